The molecule has 23 heavy (non-hydrogen) atoms. The molecule has 0 saturated carbocycles. The number of carbonyl (C=O) groups is 2. The summed E-state index contributed by atoms with van der Waals surface area (Å²) in [5, 5.41) is 9.05. The van der Waals surface area contributed by atoms with Crippen molar-refractivity contribution in [2.75, 3.05) is 37.8 Å². The summed E-state index contributed by atoms with van der Waals surface area (Å²) in [6.45, 7) is 1.72. The van der Waals surface area contributed by atoms with E-state index in [9.17, 15) is 9.59 Å². The van der Waals surface area contributed by atoms with Crippen molar-refractivity contribution in [1.29, 1.82) is 0 Å². The zero-order valence-corrected chi connectivity index (χ0v) is 13.9. The molecular formula is C17H26N4O2. The van der Waals surface area contributed by atoms with E-state index < -0.39 is 0 Å². The topological polar surface area (TPSA) is 73.5 Å². The van der Waals surface area contributed by atoms with Gasteiger partial charge in [-0.25, -0.2) is 0 Å². The molecule has 6 nitrogen and oxygen atoms in total. The highest BCUT2D eigenvalue weighted by Gasteiger charge is 2.17. The van der Waals surface area contributed by atoms with Gasteiger partial charge in [0.2, 0.25) is 11.8 Å². The van der Waals surface area contributed by atoms with Crippen molar-refractivity contribution in [1.82, 2.24) is 10.2 Å². The van der Waals surface area contributed by atoms with Crippen molar-refractivity contribution < 1.29 is 9.59 Å². The molecule has 1 aliphatic heterocycles. The molecule has 1 aromatic rings. The summed E-state index contributed by atoms with van der Waals surface area (Å²) in [5.41, 5.74) is 1.49. The minimum absolute atomic E-state index is 0.0113. The highest BCUT2D eigenvalue weighted by Crippen LogP contribution is 2.15. The van der Waals surface area contributed by atoms with E-state index in [0.717, 1.165) is 37.3 Å². The Hall–Kier alpha value is -1.92. The molecule has 0 aliphatic carbocycles. The van der Waals surface area contributed by atoms with Crippen LogP contribution in [0.2, 0.25) is 0 Å². The Morgan fingerprint density at radius 2 is 1.74 bits per heavy atom. The SMILES string of the molecule is CN(C)CCC(=O)Nc1ccc(NC(=O)CC2CCCN2)cc1. The second-order valence-corrected chi connectivity index (χ2v) is 6.22. The zero-order valence-electron chi connectivity index (χ0n) is 13.9. The van der Waals surface area contributed by atoms with Gasteiger partial charge in [-0.15, -0.1) is 0 Å². The van der Waals surface area contributed by atoms with E-state index in [1.807, 2.05) is 31.1 Å². The lowest BCUT2D eigenvalue weighted by Gasteiger charge is -2.12. The second kappa shape index (κ2) is 8.64. The Balaban J connectivity index is 1.77. The number of amides is 2. The molecule has 126 valence electrons. The monoisotopic (exact) mass is 318 g/mol. The van der Waals surface area contributed by atoms with E-state index in [4.69, 9.17) is 0 Å². The lowest BCUT2D eigenvalue weighted by molar-refractivity contribution is -0.117. The quantitative estimate of drug-likeness (QED) is 0.715. The van der Waals surface area contributed by atoms with Crippen LogP contribution in [0.25, 0.3) is 0 Å². The smallest absolute Gasteiger partial charge is 0.225 e. The molecule has 1 unspecified atom stereocenters. The summed E-state index contributed by atoms with van der Waals surface area (Å²) < 4.78 is 0. The third kappa shape index (κ3) is 6.38. The number of rotatable bonds is 7. The predicted octanol–water partition coefficient (Wildman–Crippen LogP) is 1.66. The summed E-state index contributed by atoms with van der Waals surface area (Å²) in [6, 6.07) is 7.52. The van der Waals surface area contributed by atoms with Crippen LogP contribution in [0.4, 0.5) is 11.4 Å². The third-order valence-corrected chi connectivity index (χ3v) is 3.83. The van der Waals surface area contributed by atoms with Gasteiger partial charge in [-0.1, -0.05) is 0 Å². The second-order valence-electron chi connectivity index (χ2n) is 6.22. The maximum atomic E-state index is 12.0. The molecule has 1 fully saturated rings. The number of carbonyl (C=O) groups excluding carboxylic acids is 2. The van der Waals surface area contributed by atoms with Gasteiger partial charge in [-0.2, -0.15) is 0 Å². The molecule has 0 radical (unpaired) electrons. The summed E-state index contributed by atoms with van der Waals surface area (Å²) in [5.74, 6) is 0.00922. The van der Waals surface area contributed by atoms with E-state index in [1.165, 1.54) is 0 Å². The Morgan fingerprint density at radius 1 is 1.13 bits per heavy atom. The molecule has 0 spiro atoms. The molecule has 1 aromatic carbocycles. The third-order valence-electron chi connectivity index (χ3n) is 3.83. The fourth-order valence-electron chi connectivity index (χ4n) is 2.55. The van der Waals surface area contributed by atoms with Crippen molar-refractivity contribution in [2.45, 2.75) is 31.7 Å². The van der Waals surface area contributed by atoms with Gasteiger partial charge in [0.25, 0.3) is 0 Å². The average molecular weight is 318 g/mol. The molecule has 1 aliphatic rings. The summed E-state index contributed by atoms with van der Waals surface area (Å²) >= 11 is 0. The minimum Gasteiger partial charge on any atom is -0.326 e. The van der Waals surface area contributed by atoms with Crippen LogP contribution in [0, 0.1) is 0 Å². The molecular weight excluding hydrogens is 292 g/mol. The molecule has 0 bridgehead atoms. The first kappa shape index (κ1) is 17.4. The van der Waals surface area contributed by atoms with E-state index in [2.05, 4.69) is 16.0 Å². The van der Waals surface area contributed by atoms with Crippen molar-refractivity contribution in [3.63, 3.8) is 0 Å². The van der Waals surface area contributed by atoms with Crippen LogP contribution in [-0.4, -0.2) is 49.9 Å². The molecule has 1 atom stereocenters. The van der Waals surface area contributed by atoms with E-state index >= 15 is 0 Å². The number of nitrogens with one attached hydrogen (secondary N) is 3. The van der Waals surface area contributed by atoms with Gasteiger partial charge in [-0.3, -0.25) is 9.59 Å². The van der Waals surface area contributed by atoms with E-state index in [1.54, 1.807) is 12.1 Å². The fraction of sp³-hybridized carbons (Fsp3) is 0.529. The molecule has 0 aromatic heterocycles. The van der Waals surface area contributed by atoms with Crippen LogP contribution in [0.5, 0.6) is 0 Å². The maximum Gasteiger partial charge on any atom is 0.225 e. The van der Waals surface area contributed by atoms with Crippen LogP contribution in [0.1, 0.15) is 25.7 Å². The van der Waals surface area contributed by atoms with Gasteiger partial charge in [-0.05, 0) is 57.7 Å². The Kier molecular flexibility index (Phi) is 6.55. The van der Waals surface area contributed by atoms with Gasteiger partial charge < -0.3 is 20.9 Å². The molecule has 1 saturated heterocycles. The highest BCUT2D eigenvalue weighted by molar-refractivity contribution is 5.93. The number of nitrogens with zero attached hydrogens (tertiary/aromatic N) is 1. The molecule has 2 amide bonds. The van der Waals surface area contributed by atoms with Crippen LogP contribution in [0.3, 0.4) is 0 Å². The standard InChI is InChI=1S/C17H26N4O2/c1-21(2)11-9-16(22)19-13-5-7-14(8-6-13)20-17(23)12-15-4-3-10-18-15/h5-8,15,18H,3-4,9-12H2,1-2H3,(H,19,22)(H,20,23). The summed E-state index contributed by atoms with van der Waals surface area (Å²) in [7, 11) is 3.87. The van der Waals surface area contributed by atoms with Gasteiger partial charge in [0.15, 0.2) is 0 Å². The van der Waals surface area contributed by atoms with Crippen LogP contribution >= 0.6 is 0 Å². The number of hydrogen-bond acceptors (Lipinski definition) is 4. The number of benzene rings is 1. The first-order valence-electron chi connectivity index (χ1n) is 8.11. The molecule has 2 rings (SSSR count). The Morgan fingerprint density at radius 3 is 2.26 bits per heavy atom. The lowest BCUT2D eigenvalue weighted by atomic mass is 10.1. The number of hydrogen-bond donors (Lipinski definition) is 3. The maximum absolute atomic E-state index is 12.0. The van der Waals surface area contributed by atoms with Crippen molar-refractivity contribution in [3.8, 4) is 0 Å². The van der Waals surface area contributed by atoms with Crippen molar-refractivity contribution in [3.05, 3.63) is 24.3 Å². The number of anilines is 2. The zero-order chi connectivity index (χ0) is 16.7. The highest BCUT2D eigenvalue weighted by atomic mass is 16.2. The first-order chi connectivity index (χ1) is 11.0. The summed E-state index contributed by atoms with van der Waals surface area (Å²) in [6.07, 6.45) is 3.16. The fourth-order valence-corrected chi connectivity index (χ4v) is 2.55. The minimum atomic E-state index is -0.0113. The van der Waals surface area contributed by atoms with Crippen LogP contribution in [-0.2, 0) is 9.59 Å². The molecule has 6 heteroatoms. The lowest BCUT2D eigenvalue weighted by Crippen LogP contribution is -2.27. The van der Waals surface area contributed by atoms with Crippen molar-refractivity contribution in [2.24, 2.45) is 0 Å². The van der Waals surface area contributed by atoms with Gasteiger partial charge in [0.05, 0.1) is 0 Å². The largest absolute Gasteiger partial charge is 0.326 e. The summed E-state index contributed by atoms with van der Waals surface area (Å²) in [4.78, 5) is 25.7. The van der Waals surface area contributed by atoms with Crippen LogP contribution < -0.4 is 16.0 Å². The predicted molar refractivity (Wildman–Crippen MR) is 92.5 cm³/mol. The van der Waals surface area contributed by atoms with Crippen molar-refractivity contribution >= 4 is 23.2 Å². The first-order valence-corrected chi connectivity index (χ1v) is 8.11. The molecule has 1 heterocycles. The van der Waals surface area contributed by atoms with Gasteiger partial charge in [0.1, 0.15) is 0 Å². The Bertz CT molecular complexity index is 522. The van der Waals surface area contributed by atoms with Crippen LogP contribution in [0.15, 0.2) is 24.3 Å². The molecule has 3 N–H and O–H groups in total. The van der Waals surface area contributed by atoms with Gasteiger partial charge in [0, 0.05) is 36.8 Å². The average Bonchev–Trinajstić information content (AvgIpc) is 3.00. The van der Waals surface area contributed by atoms with E-state index in [0.29, 0.717) is 18.9 Å². The van der Waals surface area contributed by atoms with Gasteiger partial charge >= 0.3 is 0 Å². The Labute approximate surface area is 137 Å². The van der Waals surface area contributed by atoms with E-state index in [-0.39, 0.29) is 11.8 Å². The normalized spacial score (nSPS) is 17.3.